The molecule has 0 spiro atoms. The highest BCUT2D eigenvalue weighted by Gasteiger charge is 2.88. The summed E-state index contributed by atoms with van der Waals surface area (Å²) < 4.78 is 0. The van der Waals surface area contributed by atoms with Crippen molar-refractivity contribution in [3.8, 4) is 0 Å². The molecule has 64 unspecified atom stereocenters. The molecule has 0 radical (unpaired) electrons. The Morgan fingerprint density at radius 1 is 0.0625 bits per heavy atom. The fraction of sp³-hybridized carbons (Fsp3) is 1.00. The maximum atomic E-state index is 1.83. The van der Waals surface area contributed by atoms with Gasteiger partial charge in [-0.05, 0) is 583 Å². The van der Waals surface area contributed by atoms with Crippen molar-refractivity contribution >= 4 is 0 Å². The zero-order valence-corrected chi connectivity index (χ0v) is 59.3. The van der Waals surface area contributed by atoms with E-state index < -0.39 is 0 Å². The van der Waals surface area contributed by atoms with Gasteiger partial charge in [-0.3, -0.25) is 0 Å². The van der Waals surface area contributed by atoms with E-state index in [-0.39, 0.29) is 0 Å². The van der Waals surface area contributed by atoms with Crippen molar-refractivity contribution in [1.29, 1.82) is 0 Å². The highest BCUT2D eigenvalue weighted by molar-refractivity contribution is 5.35. The zero-order valence-electron chi connectivity index (χ0n) is 59.3. The molecule has 0 aliphatic heterocycles. The van der Waals surface area contributed by atoms with Gasteiger partial charge in [-0.1, -0.05) is 0 Å². The van der Waals surface area contributed by atoms with Crippen molar-refractivity contribution < 1.29 is 0 Å². The zero-order chi connectivity index (χ0) is 59.3. The summed E-state index contributed by atoms with van der Waals surface area (Å²) in [5.41, 5.74) is 0. The first kappa shape index (κ1) is 52.1. The standard InChI is InChI=1S/C96H126/c1-2-32-6-10-36-14-40-18-44-22-48-26-52-30-54-28-50-24-46-20-42-16-38-12-8-34-4-3-33-7-11-37-15-41-19-45-23-49-27-53-29-51-25-47-21-43-17-39-13-35-9-5-31(1)55-56(32)60(36)80-64(40)84-68(44)88-72(48)92-76(52)96-78(54)94-74(50)90-70(46)86-66(42)82-62(38)58(34)57(33)61(37)81(82)65(41)85(86)69(45)89(90)73(49)93(94)77(53)95(96)75(51)91(92)71(47)87(88)67(43)83(84)63(39)79(80)59(35)55/h31-96H,1-30H2. The third-order valence-electron chi connectivity index (χ3n) is 52.1. The molecule has 0 aromatic carbocycles. The van der Waals surface area contributed by atoms with Crippen LogP contribution in [0.4, 0.5) is 0 Å². The maximum Gasteiger partial charge on any atom is -0.0312 e. The largest absolute Gasteiger partial charge is 0.0499 e. The Morgan fingerprint density at radius 2 is 0.135 bits per heavy atom. The van der Waals surface area contributed by atoms with Crippen LogP contribution in [0.5, 0.6) is 0 Å². The predicted molar refractivity (Wildman–Crippen MR) is 369 cm³/mol. The second-order valence-corrected chi connectivity index (χ2v) is 50.2. The maximum absolute atomic E-state index is 1.83. The first-order valence-corrected chi connectivity index (χ1v) is 47.6. The van der Waals surface area contributed by atoms with Crippen molar-refractivity contribution in [2.45, 2.75) is 193 Å². The average molecular weight is 1280 g/mol. The highest BCUT2D eigenvalue weighted by Crippen LogP contribution is 2.93. The molecule has 64 atom stereocenters. The first-order valence-electron chi connectivity index (χ1n) is 47.6. The van der Waals surface area contributed by atoms with Crippen molar-refractivity contribution in [2.24, 2.45) is 391 Å². The summed E-state index contributed by atoms with van der Waals surface area (Å²) in [5.74, 6) is 80.0. The van der Waals surface area contributed by atoms with E-state index in [9.17, 15) is 0 Å². The monoisotopic (exact) mass is 1280 g/mol. The molecule has 0 aromatic heterocycles. The SMILES string of the molecule is C1CC2CCC3CC4CC5CC6CC7CC8CC9CC%10CC%11CC%12CCC%13CCC%14CCC%15CC%16CC%17CC%18CC%19CC%20CC%21CC%22CC%23CC%24CCC1C1C2C3C2C4C3C5C4C6C5C7C6C8C7C9C8C%10C9C%11C%10C%12C%13C%14C%15C%10C%16C9C%17C8C%18C7C%19C6C%20C5C%21C4C%22C3C%23C2C%241. The third-order valence-corrected chi connectivity index (χ3v) is 52.1. The minimum atomic E-state index is 1.17. The lowest BCUT2D eigenvalue weighted by Crippen LogP contribution is -2.82. The molecule has 0 heterocycles. The summed E-state index contributed by atoms with van der Waals surface area (Å²) in [4.78, 5) is 0. The van der Waals surface area contributed by atoms with Gasteiger partial charge >= 0.3 is 0 Å². The Bertz CT molecular complexity index is 3120. The summed E-state index contributed by atoms with van der Waals surface area (Å²) in [5, 5.41) is 0. The van der Waals surface area contributed by atoms with Gasteiger partial charge in [0.25, 0.3) is 0 Å². The van der Waals surface area contributed by atoms with E-state index in [1.165, 1.54) is 391 Å². The van der Waals surface area contributed by atoms with Crippen LogP contribution in [-0.2, 0) is 0 Å². The molecular formula is C96H126. The van der Waals surface area contributed by atoms with Gasteiger partial charge in [-0.15, -0.1) is 0 Å². The lowest BCUT2D eigenvalue weighted by atomic mass is 9.18. The van der Waals surface area contributed by atoms with Gasteiger partial charge in [0.1, 0.15) is 0 Å². The lowest BCUT2D eigenvalue weighted by molar-refractivity contribution is -0.396. The van der Waals surface area contributed by atoms with Crippen LogP contribution in [0.15, 0.2) is 0 Å². The van der Waals surface area contributed by atoms with Crippen LogP contribution in [0.1, 0.15) is 193 Å². The van der Waals surface area contributed by atoms with E-state index in [0.29, 0.717) is 0 Å². The Labute approximate surface area is 579 Å². The van der Waals surface area contributed by atoms with E-state index in [1.807, 2.05) is 89.9 Å². The van der Waals surface area contributed by atoms with Crippen molar-refractivity contribution in [3.05, 3.63) is 0 Å². The van der Waals surface area contributed by atoms with Gasteiger partial charge in [0.15, 0.2) is 0 Å². The quantitative estimate of drug-likeness (QED) is 0.227. The molecule has 96 heavy (non-hydrogen) atoms. The van der Waals surface area contributed by atoms with Gasteiger partial charge in [-0.2, -0.15) is 0 Å². The van der Waals surface area contributed by atoms with Gasteiger partial charge in [0.05, 0.1) is 0 Å². The molecule has 34 saturated carbocycles. The fourth-order valence-corrected chi connectivity index (χ4v) is 55.2. The molecule has 0 saturated heterocycles. The van der Waals surface area contributed by atoms with Crippen LogP contribution in [0.3, 0.4) is 0 Å². The second kappa shape index (κ2) is 16.1. The summed E-state index contributed by atoms with van der Waals surface area (Å²) in [6, 6.07) is 0. The molecule has 34 aliphatic carbocycles. The molecule has 0 bridgehead atoms. The summed E-state index contributed by atoms with van der Waals surface area (Å²) in [7, 11) is 0. The third kappa shape index (κ3) is 5.03. The lowest BCUT2D eigenvalue weighted by Gasteiger charge is -2.87. The van der Waals surface area contributed by atoms with Gasteiger partial charge in [0.2, 0.25) is 0 Å². The molecule has 0 amide bonds. The van der Waals surface area contributed by atoms with Crippen molar-refractivity contribution in [1.82, 2.24) is 0 Å². The van der Waals surface area contributed by atoms with E-state index >= 15 is 0 Å². The van der Waals surface area contributed by atoms with Crippen LogP contribution < -0.4 is 0 Å². The topological polar surface area (TPSA) is 0 Å². The summed E-state index contributed by atoms with van der Waals surface area (Å²) in [6.07, 6.45) is 53.0. The molecule has 0 nitrogen and oxygen atoms in total. The second-order valence-electron chi connectivity index (χ2n) is 50.2. The van der Waals surface area contributed by atoms with E-state index in [4.69, 9.17) is 0 Å². The van der Waals surface area contributed by atoms with Crippen LogP contribution in [0, 0.1) is 391 Å². The normalized spacial score (nSPS) is 81.8. The van der Waals surface area contributed by atoms with Crippen LogP contribution in [0.25, 0.3) is 0 Å². The van der Waals surface area contributed by atoms with Gasteiger partial charge in [0, 0.05) is 0 Å². The van der Waals surface area contributed by atoms with Crippen LogP contribution >= 0.6 is 0 Å². The molecule has 510 valence electrons. The van der Waals surface area contributed by atoms with Crippen molar-refractivity contribution in [3.63, 3.8) is 0 Å². The smallest absolute Gasteiger partial charge is 0.0312 e. The minimum Gasteiger partial charge on any atom is -0.0499 e. The van der Waals surface area contributed by atoms with Gasteiger partial charge in [-0.25, -0.2) is 0 Å². The molecule has 0 aromatic rings. The summed E-state index contributed by atoms with van der Waals surface area (Å²) in [6.45, 7) is 0. The molecular weight excluding hydrogens is 1150 g/mol. The van der Waals surface area contributed by atoms with Crippen molar-refractivity contribution in [2.75, 3.05) is 0 Å². The van der Waals surface area contributed by atoms with Gasteiger partial charge < -0.3 is 0 Å². The van der Waals surface area contributed by atoms with E-state index in [0.717, 1.165) is 0 Å². The Morgan fingerprint density at radius 3 is 0.250 bits per heavy atom. The molecule has 34 aliphatic rings. The molecule has 34 rings (SSSR count). The summed E-state index contributed by atoms with van der Waals surface area (Å²) >= 11 is 0. The van der Waals surface area contributed by atoms with Crippen LogP contribution in [0.2, 0.25) is 0 Å². The Hall–Kier alpha value is 0. The predicted octanol–water partition coefficient (Wildman–Crippen LogP) is 19.8. The Kier molecular flexibility index (Phi) is 8.76. The first-order chi connectivity index (χ1) is 47.6. The highest BCUT2D eigenvalue weighted by atomic mass is 14.9. The van der Waals surface area contributed by atoms with E-state index in [1.54, 1.807) is 103 Å². The fourth-order valence-electron chi connectivity index (χ4n) is 55.2. The number of hydrogen-bond acceptors (Lipinski definition) is 0. The van der Waals surface area contributed by atoms with E-state index in [2.05, 4.69) is 0 Å². The average Bonchev–Trinajstić information content (AvgIpc) is 0.636. The number of hydrogen-bond donors (Lipinski definition) is 0. The molecule has 0 N–H and O–H groups in total. The molecule has 0 heteroatoms. The van der Waals surface area contributed by atoms with Crippen LogP contribution in [-0.4, -0.2) is 0 Å². The Balaban J connectivity index is 0.555. The minimum absolute atomic E-state index is 1.17. The number of rotatable bonds is 0. The molecule has 34 fully saturated rings.